The molecule has 1 aliphatic rings. The first-order valence-electron chi connectivity index (χ1n) is 6.51. The molecule has 1 saturated heterocycles. The van der Waals surface area contributed by atoms with Crippen LogP contribution in [0.25, 0.3) is 0 Å². The Bertz CT molecular complexity index is 568. The van der Waals surface area contributed by atoms with Crippen molar-refractivity contribution in [2.75, 3.05) is 20.8 Å². The highest BCUT2D eigenvalue weighted by atomic mass is 32.1. The van der Waals surface area contributed by atoms with Gasteiger partial charge in [-0.25, -0.2) is 0 Å². The first kappa shape index (κ1) is 17.7. The lowest BCUT2D eigenvalue weighted by Gasteiger charge is -2.16. The fourth-order valence-electron chi connectivity index (χ4n) is 2.00. The van der Waals surface area contributed by atoms with E-state index in [2.05, 4.69) is 9.72 Å². The number of nitrogens with one attached hydrogen (secondary N) is 1. The molecule has 2 rings (SSSR count). The summed E-state index contributed by atoms with van der Waals surface area (Å²) in [6.45, 7) is -0.0334. The van der Waals surface area contributed by atoms with E-state index in [-0.39, 0.29) is 35.7 Å². The minimum absolute atomic E-state index is 0.0334. The zero-order valence-electron chi connectivity index (χ0n) is 12.1. The van der Waals surface area contributed by atoms with Crippen molar-refractivity contribution in [2.24, 2.45) is 0 Å². The van der Waals surface area contributed by atoms with Crippen LogP contribution in [0, 0.1) is 4.77 Å². The van der Waals surface area contributed by atoms with Crippen molar-refractivity contribution < 1.29 is 19.4 Å². The van der Waals surface area contributed by atoms with Gasteiger partial charge < -0.3 is 19.4 Å². The predicted molar refractivity (Wildman–Crippen MR) is 78.8 cm³/mol. The van der Waals surface area contributed by atoms with E-state index in [0.717, 1.165) is 6.42 Å². The van der Waals surface area contributed by atoms with Crippen molar-refractivity contribution in [3.63, 3.8) is 0 Å². The van der Waals surface area contributed by atoms with E-state index in [1.165, 1.54) is 0 Å². The zero-order chi connectivity index (χ0) is 15.8. The Labute approximate surface area is 127 Å². The molecule has 2 heterocycles. The Morgan fingerprint density at radius 2 is 2.24 bits per heavy atom. The number of aliphatic hydroxyl groups is 1. The quantitative estimate of drug-likeness (QED) is 0.623. The largest absolute Gasteiger partial charge is 0.394 e. The Morgan fingerprint density at radius 1 is 1.57 bits per heavy atom. The van der Waals surface area contributed by atoms with Crippen molar-refractivity contribution in [3.8, 4) is 0 Å². The fourth-order valence-corrected chi connectivity index (χ4v) is 2.26. The number of ether oxygens (including phenoxy) is 2. The van der Waals surface area contributed by atoms with Gasteiger partial charge in [0.05, 0.1) is 12.7 Å². The van der Waals surface area contributed by atoms with E-state index in [9.17, 15) is 9.59 Å². The third-order valence-electron chi connectivity index (χ3n) is 2.94. The number of aldehydes is 1. The highest BCUT2D eigenvalue weighted by Crippen LogP contribution is 2.27. The molecule has 21 heavy (non-hydrogen) atoms. The number of aliphatic hydroxyl groups excluding tert-OH is 1. The second-order valence-corrected chi connectivity index (χ2v) is 4.96. The topological polar surface area (TPSA) is 93.5 Å². The van der Waals surface area contributed by atoms with E-state index in [4.69, 9.17) is 22.1 Å². The smallest absolute Gasteiger partial charge is 0.255 e. The Balaban J connectivity index is 0.000000677. The van der Waals surface area contributed by atoms with Gasteiger partial charge in [0.25, 0.3) is 5.56 Å². The molecule has 0 radical (unpaired) electrons. The number of carbonyl (C=O) groups excluding carboxylic acids is 1. The average Bonchev–Trinajstić information content (AvgIpc) is 2.91. The van der Waals surface area contributed by atoms with Gasteiger partial charge >= 0.3 is 0 Å². The summed E-state index contributed by atoms with van der Waals surface area (Å²) in [5.41, 5.74) is 0.00898. The van der Waals surface area contributed by atoms with Gasteiger partial charge in [-0.05, 0) is 25.1 Å². The Morgan fingerprint density at radius 3 is 2.76 bits per heavy atom. The molecule has 0 saturated carbocycles. The maximum atomic E-state index is 11.5. The van der Waals surface area contributed by atoms with E-state index in [1.54, 1.807) is 25.0 Å². The van der Waals surface area contributed by atoms with Gasteiger partial charge in [0.2, 0.25) is 0 Å². The Hall–Kier alpha value is -1.35. The number of hydrogen-bond donors (Lipinski definition) is 2. The second-order valence-electron chi connectivity index (χ2n) is 4.57. The van der Waals surface area contributed by atoms with Gasteiger partial charge in [-0.15, -0.1) is 0 Å². The number of aromatic nitrogens is 2. The van der Waals surface area contributed by atoms with E-state index in [1.807, 2.05) is 0 Å². The first-order chi connectivity index (χ1) is 10.1. The monoisotopic (exact) mass is 316 g/mol. The highest BCUT2D eigenvalue weighted by Gasteiger charge is 2.26. The van der Waals surface area contributed by atoms with Crippen LogP contribution >= 0.6 is 12.2 Å². The molecule has 2 atom stereocenters. The molecule has 1 aromatic heterocycles. The van der Waals surface area contributed by atoms with Crippen LogP contribution in [0.2, 0.25) is 0 Å². The van der Waals surface area contributed by atoms with Crippen LogP contribution in [0.5, 0.6) is 0 Å². The summed E-state index contributed by atoms with van der Waals surface area (Å²) in [6, 6.07) is 0. The van der Waals surface area contributed by atoms with Crippen LogP contribution in [-0.4, -0.2) is 47.9 Å². The van der Waals surface area contributed by atoms with Crippen LogP contribution in [0.3, 0.4) is 0 Å². The number of H-pyrrole nitrogens is 1. The summed E-state index contributed by atoms with van der Waals surface area (Å²) in [5, 5.41) is 9.02. The summed E-state index contributed by atoms with van der Waals surface area (Å²) in [7, 11) is 3.25. The van der Waals surface area contributed by atoms with E-state index in [0.29, 0.717) is 18.3 Å². The number of nitrogens with zero attached hydrogens (tertiary/aromatic N) is 1. The summed E-state index contributed by atoms with van der Waals surface area (Å²) in [5.74, 6) is 0. The minimum Gasteiger partial charge on any atom is -0.394 e. The summed E-state index contributed by atoms with van der Waals surface area (Å²) >= 11 is 5.07. The SMILES string of the molecule is COC.O=CCc1cn(C2CCC(CO)O2)c(=S)[nH]c1=O. The summed E-state index contributed by atoms with van der Waals surface area (Å²) < 4.78 is 11.7. The molecular weight excluding hydrogens is 296 g/mol. The number of methoxy groups -OCH3 is 1. The van der Waals surface area contributed by atoms with E-state index < -0.39 is 0 Å². The lowest BCUT2D eigenvalue weighted by Crippen LogP contribution is -2.22. The van der Waals surface area contributed by atoms with Gasteiger partial charge in [0, 0.05) is 32.4 Å². The van der Waals surface area contributed by atoms with Gasteiger partial charge in [-0.1, -0.05) is 0 Å². The highest BCUT2D eigenvalue weighted by molar-refractivity contribution is 7.71. The second kappa shape index (κ2) is 8.83. The first-order valence-corrected chi connectivity index (χ1v) is 6.92. The van der Waals surface area contributed by atoms with Crippen molar-refractivity contribution in [3.05, 3.63) is 26.9 Å². The normalized spacial score (nSPS) is 20.7. The standard InChI is InChI=1S/C11H14N2O4S.C2H6O/c14-4-3-7-5-13(11(18)12-10(7)16)9-2-1-8(6-15)17-9;1-3-2/h4-5,8-9,15H,1-3,6H2,(H,12,16,18);1-2H3. The van der Waals surface area contributed by atoms with Crippen molar-refractivity contribution in [1.29, 1.82) is 0 Å². The summed E-state index contributed by atoms with van der Waals surface area (Å²) in [6.07, 6.45) is 3.23. The molecule has 2 unspecified atom stereocenters. The lowest BCUT2D eigenvalue weighted by atomic mass is 10.2. The predicted octanol–water partition coefficient (Wildman–Crippen LogP) is 0.580. The van der Waals surface area contributed by atoms with Crippen LogP contribution in [0.4, 0.5) is 0 Å². The molecule has 1 aromatic rings. The van der Waals surface area contributed by atoms with Gasteiger partial charge in [0.1, 0.15) is 12.5 Å². The number of carbonyl (C=O) groups is 1. The fraction of sp³-hybridized carbons (Fsp3) is 0.615. The molecule has 0 aliphatic carbocycles. The van der Waals surface area contributed by atoms with Crippen LogP contribution in [0.1, 0.15) is 24.6 Å². The van der Waals surface area contributed by atoms with Crippen LogP contribution < -0.4 is 5.56 Å². The zero-order valence-corrected chi connectivity index (χ0v) is 12.9. The third kappa shape index (κ3) is 4.85. The van der Waals surface area contributed by atoms with Gasteiger partial charge in [0.15, 0.2) is 4.77 Å². The van der Waals surface area contributed by atoms with Crippen molar-refractivity contribution >= 4 is 18.5 Å². The van der Waals surface area contributed by atoms with Crippen molar-refractivity contribution in [2.45, 2.75) is 31.6 Å². The maximum absolute atomic E-state index is 11.5. The molecule has 0 spiro atoms. The van der Waals surface area contributed by atoms with Crippen LogP contribution in [-0.2, 0) is 20.7 Å². The number of hydrogen-bond acceptors (Lipinski definition) is 6. The molecule has 0 aromatic carbocycles. The third-order valence-corrected chi connectivity index (χ3v) is 3.26. The molecule has 1 fully saturated rings. The number of rotatable bonds is 4. The molecule has 0 amide bonds. The van der Waals surface area contributed by atoms with Crippen molar-refractivity contribution in [1.82, 2.24) is 9.55 Å². The Kier molecular flexibility index (Phi) is 7.44. The van der Waals surface area contributed by atoms with Crippen LogP contribution in [0.15, 0.2) is 11.0 Å². The molecule has 118 valence electrons. The molecule has 8 heteroatoms. The number of aromatic amines is 1. The minimum atomic E-state index is -0.347. The molecule has 7 nitrogen and oxygen atoms in total. The van der Waals surface area contributed by atoms with E-state index >= 15 is 0 Å². The molecule has 1 aliphatic heterocycles. The maximum Gasteiger partial charge on any atom is 0.255 e. The lowest BCUT2D eigenvalue weighted by molar-refractivity contribution is -0.107. The van der Waals surface area contributed by atoms with Gasteiger partial charge in [-0.3, -0.25) is 14.3 Å². The summed E-state index contributed by atoms with van der Waals surface area (Å²) in [4.78, 5) is 24.6. The molecule has 0 bridgehead atoms. The van der Waals surface area contributed by atoms with Gasteiger partial charge in [-0.2, -0.15) is 0 Å². The average molecular weight is 316 g/mol. The molecule has 2 N–H and O–H groups in total. The molecular formula is C13H20N2O5S.